The summed E-state index contributed by atoms with van der Waals surface area (Å²) >= 11 is 17.6. The minimum absolute atomic E-state index is 0.0305. The van der Waals surface area contributed by atoms with Gasteiger partial charge >= 0.3 is 6.03 Å². The number of carbonyl (C=O) groups excluding carboxylic acids is 1. The first-order valence-electron chi connectivity index (χ1n) is 9.28. The predicted molar refractivity (Wildman–Crippen MR) is 126 cm³/mol. The number of nitrogens with zero attached hydrogens (tertiary/aromatic N) is 1. The van der Waals surface area contributed by atoms with Crippen molar-refractivity contribution in [2.45, 2.75) is 6.42 Å². The van der Waals surface area contributed by atoms with E-state index in [1.54, 1.807) is 30.3 Å². The standard InChI is InChI=1S/C22H14Cl3FN4O2/c23-16-6-3-13(10-18(16)25)28-22(32)27-12-2-4-14-15(9-12)21(31)30-29-20(14)8-11-1-5-17(24)19(26)7-11/h1-7,9-10H,8H2,(H,30,31)(H2,27,28,32). The number of nitrogens with one attached hydrogen (secondary N) is 3. The van der Waals surface area contributed by atoms with Crippen LogP contribution in [0.15, 0.2) is 59.4 Å². The maximum atomic E-state index is 13.8. The summed E-state index contributed by atoms with van der Waals surface area (Å²) in [5.74, 6) is -0.530. The van der Waals surface area contributed by atoms with Gasteiger partial charge in [-0.25, -0.2) is 14.3 Å². The van der Waals surface area contributed by atoms with Gasteiger partial charge in [0.15, 0.2) is 0 Å². The van der Waals surface area contributed by atoms with Gasteiger partial charge in [0.2, 0.25) is 0 Å². The molecule has 0 atom stereocenters. The van der Waals surface area contributed by atoms with Crippen molar-refractivity contribution in [3.05, 3.63) is 97.1 Å². The number of halogens is 4. The van der Waals surface area contributed by atoms with Gasteiger partial charge in [-0.05, 0) is 48.0 Å². The van der Waals surface area contributed by atoms with Gasteiger partial charge in [-0.1, -0.05) is 46.9 Å². The van der Waals surface area contributed by atoms with Crippen LogP contribution in [-0.2, 0) is 6.42 Å². The molecule has 0 saturated carbocycles. The van der Waals surface area contributed by atoms with E-state index >= 15 is 0 Å². The van der Waals surface area contributed by atoms with Crippen LogP contribution in [0.1, 0.15) is 11.3 Å². The third-order valence-electron chi connectivity index (χ3n) is 4.66. The quantitative estimate of drug-likeness (QED) is 0.315. The minimum Gasteiger partial charge on any atom is -0.308 e. The van der Waals surface area contributed by atoms with Gasteiger partial charge < -0.3 is 10.6 Å². The van der Waals surface area contributed by atoms with Crippen LogP contribution in [-0.4, -0.2) is 16.2 Å². The highest BCUT2D eigenvalue weighted by atomic mass is 35.5. The van der Waals surface area contributed by atoms with Crippen molar-refractivity contribution in [3.63, 3.8) is 0 Å². The number of anilines is 2. The molecule has 1 heterocycles. The van der Waals surface area contributed by atoms with E-state index in [0.29, 0.717) is 43.4 Å². The molecule has 0 fully saturated rings. The Balaban J connectivity index is 1.57. The number of urea groups is 1. The molecule has 3 aromatic carbocycles. The second-order valence-electron chi connectivity index (χ2n) is 6.89. The van der Waals surface area contributed by atoms with E-state index in [9.17, 15) is 14.0 Å². The van der Waals surface area contributed by atoms with Crippen LogP contribution in [0.4, 0.5) is 20.6 Å². The van der Waals surface area contributed by atoms with Gasteiger partial charge in [0.25, 0.3) is 5.56 Å². The molecule has 10 heteroatoms. The number of carbonyl (C=O) groups is 1. The molecule has 3 N–H and O–H groups in total. The number of benzene rings is 3. The van der Waals surface area contributed by atoms with Crippen LogP contribution in [0.25, 0.3) is 10.8 Å². The second-order valence-corrected chi connectivity index (χ2v) is 8.11. The molecule has 4 aromatic rings. The van der Waals surface area contributed by atoms with E-state index in [-0.39, 0.29) is 11.4 Å². The molecule has 0 radical (unpaired) electrons. The summed E-state index contributed by atoms with van der Waals surface area (Å²) in [4.78, 5) is 24.7. The summed E-state index contributed by atoms with van der Waals surface area (Å²) in [6.45, 7) is 0. The third kappa shape index (κ3) is 4.85. The van der Waals surface area contributed by atoms with E-state index in [2.05, 4.69) is 20.8 Å². The van der Waals surface area contributed by atoms with Crippen LogP contribution in [0.2, 0.25) is 15.1 Å². The van der Waals surface area contributed by atoms with Gasteiger partial charge in [-0.15, -0.1) is 0 Å². The summed E-state index contributed by atoms with van der Waals surface area (Å²) in [5.41, 5.74) is 1.64. The third-order valence-corrected chi connectivity index (χ3v) is 5.70. The summed E-state index contributed by atoms with van der Waals surface area (Å²) < 4.78 is 13.8. The zero-order chi connectivity index (χ0) is 22.8. The summed E-state index contributed by atoms with van der Waals surface area (Å²) in [6, 6.07) is 13.5. The maximum absolute atomic E-state index is 13.8. The SMILES string of the molecule is O=C(Nc1ccc(Cl)c(Cl)c1)Nc1ccc2c(Cc3ccc(Cl)c(F)c3)n[nH]c(=O)c2c1. The summed E-state index contributed by atoms with van der Waals surface area (Å²) in [5, 5.41) is 13.5. The average molecular weight is 492 g/mol. The number of aromatic nitrogens is 2. The molecule has 4 rings (SSSR count). The van der Waals surface area contributed by atoms with Crippen LogP contribution in [0.3, 0.4) is 0 Å². The molecule has 162 valence electrons. The zero-order valence-corrected chi connectivity index (χ0v) is 18.4. The normalized spacial score (nSPS) is 10.9. The van der Waals surface area contributed by atoms with Crippen molar-refractivity contribution in [2.75, 3.05) is 10.6 Å². The highest BCUT2D eigenvalue weighted by molar-refractivity contribution is 6.42. The molecule has 6 nitrogen and oxygen atoms in total. The van der Waals surface area contributed by atoms with Gasteiger partial charge in [0, 0.05) is 23.2 Å². The number of fused-ring (bicyclic) bond motifs is 1. The number of amides is 2. The van der Waals surface area contributed by atoms with E-state index in [1.807, 2.05) is 0 Å². The maximum Gasteiger partial charge on any atom is 0.323 e. The topological polar surface area (TPSA) is 86.9 Å². The predicted octanol–water partition coefficient (Wildman–Crippen LogP) is 6.26. The number of aromatic amines is 1. The Hall–Kier alpha value is -3.13. The molecule has 0 unspecified atom stereocenters. The largest absolute Gasteiger partial charge is 0.323 e. The van der Waals surface area contributed by atoms with Gasteiger partial charge in [0.05, 0.1) is 26.1 Å². The lowest BCUT2D eigenvalue weighted by molar-refractivity contribution is 0.262. The van der Waals surface area contributed by atoms with E-state index in [0.717, 1.165) is 0 Å². The molecule has 2 amide bonds. The Morgan fingerprint density at radius 2 is 1.56 bits per heavy atom. The first kappa shape index (κ1) is 22.1. The Bertz CT molecular complexity index is 1410. The fourth-order valence-corrected chi connectivity index (χ4v) is 3.56. The molecular weight excluding hydrogens is 478 g/mol. The van der Waals surface area contributed by atoms with E-state index < -0.39 is 17.4 Å². The van der Waals surface area contributed by atoms with Crippen molar-refractivity contribution < 1.29 is 9.18 Å². The van der Waals surface area contributed by atoms with Gasteiger partial charge in [0.1, 0.15) is 5.82 Å². The van der Waals surface area contributed by atoms with Gasteiger partial charge in [-0.3, -0.25) is 4.79 Å². The molecular formula is C22H14Cl3FN4O2. The summed E-state index contributed by atoms with van der Waals surface area (Å²) in [6.07, 6.45) is 0.284. The second kappa shape index (κ2) is 9.16. The zero-order valence-electron chi connectivity index (χ0n) is 16.2. The monoisotopic (exact) mass is 490 g/mol. The lowest BCUT2D eigenvalue weighted by Gasteiger charge is -2.10. The van der Waals surface area contributed by atoms with Crippen molar-refractivity contribution in [3.8, 4) is 0 Å². The molecule has 1 aromatic heterocycles. The smallest absolute Gasteiger partial charge is 0.308 e. The molecule has 0 aliphatic rings. The van der Waals surface area contributed by atoms with Crippen LogP contribution >= 0.6 is 34.8 Å². The lowest BCUT2D eigenvalue weighted by atomic mass is 10.0. The Morgan fingerprint density at radius 1 is 0.875 bits per heavy atom. The molecule has 0 aliphatic heterocycles. The van der Waals surface area contributed by atoms with Crippen LogP contribution < -0.4 is 16.2 Å². The Labute approximate surface area is 196 Å². The van der Waals surface area contributed by atoms with Crippen molar-refractivity contribution in [1.29, 1.82) is 0 Å². The first-order chi connectivity index (χ1) is 15.3. The van der Waals surface area contributed by atoms with Crippen molar-refractivity contribution >= 4 is 63.0 Å². The van der Waals surface area contributed by atoms with E-state index in [1.165, 1.54) is 24.3 Å². The molecule has 0 bridgehead atoms. The first-order valence-corrected chi connectivity index (χ1v) is 10.4. The Morgan fingerprint density at radius 3 is 2.28 bits per heavy atom. The number of rotatable bonds is 4. The fraction of sp³-hybridized carbons (Fsp3) is 0.0455. The molecule has 0 spiro atoms. The van der Waals surface area contributed by atoms with Crippen LogP contribution in [0, 0.1) is 5.82 Å². The van der Waals surface area contributed by atoms with Crippen molar-refractivity contribution in [2.24, 2.45) is 0 Å². The van der Waals surface area contributed by atoms with Crippen molar-refractivity contribution in [1.82, 2.24) is 10.2 Å². The average Bonchev–Trinajstić information content (AvgIpc) is 2.75. The number of H-pyrrole nitrogens is 1. The highest BCUT2D eigenvalue weighted by Crippen LogP contribution is 2.26. The minimum atomic E-state index is -0.530. The van der Waals surface area contributed by atoms with Crippen LogP contribution in [0.5, 0.6) is 0 Å². The highest BCUT2D eigenvalue weighted by Gasteiger charge is 2.11. The fourth-order valence-electron chi connectivity index (χ4n) is 3.15. The van der Waals surface area contributed by atoms with E-state index in [4.69, 9.17) is 34.8 Å². The Kier molecular flexibility index (Phi) is 6.32. The number of hydrogen-bond donors (Lipinski definition) is 3. The number of hydrogen-bond acceptors (Lipinski definition) is 3. The lowest BCUT2D eigenvalue weighted by Crippen LogP contribution is -2.20. The van der Waals surface area contributed by atoms with Gasteiger partial charge in [-0.2, -0.15) is 5.10 Å². The summed E-state index contributed by atoms with van der Waals surface area (Å²) in [7, 11) is 0. The molecule has 0 saturated heterocycles. The molecule has 32 heavy (non-hydrogen) atoms. The molecule has 0 aliphatic carbocycles.